The Balaban J connectivity index is 1.34. The Labute approximate surface area is 219 Å². The Morgan fingerprint density at radius 1 is 1.11 bits per heavy atom. The minimum Gasteiger partial charge on any atom is -0.493 e. The van der Waals surface area contributed by atoms with Gasteiger partial charge in [-0.1, -0.05) is 12.1 Å². The van der Waals surface area contributed by atoms with Gasteiger partial charge in [-0.2, -0.15) is 0 Å². The number of hydrogen-bond donors (Lipinski definition) is 2. The van der Waals surface area contributed by atoms with Gasteiger partial charge in [0.15, 0.2) is 17.7 Å². The standard InChI is InChI=1S/C29H38N2O6/c1-6-24(35-22-12-9-20(10-13-22)19-7-8-19)27(32)30-21-11-14-25(26(17-21)34-5)36-23-15-16-31(18-23)28(33)37-29(2,3)4/h6,9-14,17,19,23,27,30,32H,7-8,15-16,18H2,1-5H3. The summed E-state index contributed by atoms with van der Waals surface area (Å²) in [6.45, 7) is 8.39. The van der Waals surface area contributed by atoms with Crippen LogP contribution < -0.4 is 19.5 Å². The molecule has 1 heterocycles. The van der Waals surface area contributed by atoms with Crippen LogP contribution in [0.5, 0.6) is 17.2 Å². The fraction of sp³-hybridized carbons (Fsp3) is 0.483. The SMILES string of the molecule is CC=C(Oc1ccc(C2CC2)cc1)C(O)Nc1ccc(OC2CCN(C(=O)OC(C)(C)C)C2)c(OC)c1. The van der Waals surface area contributed by atoms with Crippen LogP contribution in [0.2, 0.25) is 0 Å². The first-order valence-corrected chi connectivity index (χ1v) is 12.9. The number of anilines is 1. The van der Waals surface area contributed by atoms with Gasteiger partial charge in [-0.15, -0.1) is 0 Å². The van der Waals surface area contributed by atoms with E-state index < -0.39 is 11.8 Å². The molecule has 2 aromatic rings. The molecule has 4 rings (SSSR count). The summed E-state index contributed by atoms with van der Waals surface area (Å²) in [5, 5.41) is 13.8. The molecule has 2 unspecified atom stereocenters. The molecule has 0 radical (unpaired) electrons. The van der Waals surface area contributed by atoms with Gasteiger partial charge < -0.3 is 34.3 Å². The summed E-state index contributed by atoms with van der Waals surface area (Å²) in [4.78, 5) is 14.0. The van der Waals surface area contributed by atoms with Crippen molar-refractivity contribution in [3.63, 3.8) is 0 Å². The highest BCUT2D eigenvalue weighted by Crippen LogP contribution is 2.40. The second-order valence-electron chi connectivity index (χ2n) is 10.5. The number of benzene rings is 2. The number of carbonyl (C=O) groups excluding carboxylic acids is 1. The third kappa shape index (κ3) is 7.32. The number of methoxy groups -OCH3 is 1. The van der Waals surface area contributed by atoms with Crippen molar-refractivity contribution < 1.29 is 28.8 Å². The molecule has 1 aliphatic carbocycles. The molecule has 1 saturated heterocycles. The average Bonchev–Trinajstić information content (AvgIpc) is 3.60. The highest BCUT2D eigenvalue weighted by Gasteiger charge is 2.31. The third-order valence-corrected chi connectivity index (χ3v) is 6.28. The van der Waals surface area contributed by atoms with E-state index in [9.17, 15) is 9.90 Å². The van der Waals surface area contributed by atoms with Gasteiger partial charge in [0.2, 0.25) is 0 Å². The minimum absolute atomic E-state index is 0.167. The van der Waals surface area contributed by atoms with Crippen LogP contribution in [0.3, 0.4) is 0 Å². The number of amides is 1. The van der Waals surface area contributed by atoms with E-state index in [0.717, 1.165) is 0 Å². The van der Waals surface area contributed by atoms with Crippen LogP contribution in [-0.4, -0.2) is 54.2 Å². The number of likely N-dealkylation sites (tertiary alicyclic amines) is 1. The first-order valence-electron chi connectivity index (χ1n) is 12.9. The minimum atomic E-state index is -1.05. The second kappa shape index (κ2) is 11.3. The molecule has 1 aliphatic heterocycles. The number of allylic oxidation sites excluding steroid dienone is 1. The Hall–Kier alpha value is -3.39. The molecule has 2 N–H and O–H groups in total. The molecular formula is C29H38N2O6. The van der Waals surface area contributed by atoms with Gasteiger partial charge in [0.05, 0.1) is 13.7 Å². The van der Waals surface area contributed by atoms with Crippen molar-refractivity contribution in [3.05, 3.63) is 59.9 Å². The molecular weight excluding hydrogens is 472 g/mol. The average molecular weight is 511 g/mol. The van der Waals surface area contributed by atoms with Crippen LogP contribution in [0, 0.1) is 0 Å². The molecule has 2 aliphatic rings. The van der Waals surface area contributed by atoms with E-state index in [-0.39, 0.29) is 12.2 Å². The van der Waals surface area contributed by atoms with Gasteiger partial charge in [-0.25, -0.2) is 4.79 Å². The molecule has 200 valence electrons. The highest BCUT2D eigenvalue weighted by molar-refractivity contribution is 5.68. The molecule has 8 nitrogen and oxygen atoms in total. The van der Waals surface area contributed by atoms with Crippen LogP contribution in [0.25, 0.3) is 0 Å². The quantitative estimate of drug-likeness (QED) is 0.332. The van der Waals surface area contributed by atoms with Crippen LogP contribution in [0.4, 0.5) is 10.5 Å². The molecule has 2 aromatic carbocycles. The zero-order chi connectivity index (χ0) is 26.6. The lowest BCUT2D eigenvalue weighted by Crippen LogP contribution is -2.36. The Morgan fingerprint density at radius 3 is 2.46 bits per heavy atom. The molecule has 0 bridgehead atoms. The van der Waals surface area contributed by atoms with Gasteiger partial charge >= 0.3 is 6.09 Å². The lowest BCUT2D eigenvalue weighted by atomic mass is 10.1. The predicted molar refractivity (Wildman–Crippen MR) is 142 cm³/mol. The fourth-order valence-electron chi connectivity index (χ4n) is 4.21. The van der Waals surface area contributed by atoms with Crippen molar-refractivity contribution in [2.24, 2.45) is 0 Å². The van der Waals surface area contributed by atoms with Gasteiger partial charge in [-0.05, 0) is 82.4 Å². The lowest BCUT2D eigenvalue weighted by Gasteiger charge is -2.24. The van der Waals surface area contributed by atoms with Crippen molar-refractivity contribution in [1.29, 1.82) is 0 Å². The monoisotopic (exact) mass is 510 g/mol. The number of ether oxygens (including phenoxy) is 4. The zero-order valence-electron chi connectivity index (χ0n) is 22.3. The summed E-state index contributed by atoms with van der Waals surface area (Å²) in [5.41, 5.74) is 1.44. The van der Waals surface area contributed by atoms with E-state index in [1.165, 1.54) is 18.4 Å². The maximum atomic E-state index is 12.3. The lowest BCUT2D eigenvalue weighted by molar-refractivity contribution is 0.0275. The van der Waals surface area contributed by atoms with E-state index in [2.05, 4.69) is 17.4 Å². The first-order chi connectivity index (χ1) is 17.6. The summed E-state index contributed by atoms with van der Waals surface area (Å²) in [5.74, 6) is 2.84. The van der Waals surface area contributed by atoms with E-state index in [0.29, 0.717) is 54.1 Å². The summed E-state index contributed by atoms with van der Waals surface area (Å²) < 4.78 is 23.1. The fourth-order valence-corrected chi connectivity index (χ4v) is 4.21. The van der Waals surface area contributed by atoms with Crippen LogP contribution in [-0.2, 0) is 4.74 Å². The normalized spacial score (nSPS) is 18.8. The van der Waals surface area contributed by atoms with Crippen LogP contribution >= 0.6 is 0 Å². The topological polar surface area (TPSA) is 89.5 Å². The first kappa shape index (κ1) is 26.7. The van der Waals surface area contributed by atoms with Crippen molar-refractivity contribution in [2.45, 2.75) is 70.8 Å². The smallest absolute Gasteiger partial charge is 0.410 e. The van der Waals surface area contributed by atoms with Gasteiger partial charge in [0.25, 0.3) is 0 Å². The Kier molecular flexibility index (Phi) is 8.17. The zero-order valence-corrected chi connectivity index (χ0v) is 22.3. The summed E-state index contributed by atoms with van der Waals surface area (Å²) in [7, 11) is 1.57. The molecule has 37 heavy (non-hydrogen) atoms. The molecule has 1 saturated carbocycles. The van der Waals surface area contributed by atoms with Crippen molar-refractivity contribution in [1.82, 2.24) is 4.90 Å². The van der Waals surface area contributed by atoms with Gasteiger partial charge in [-0.3, -0.25) is 0 Å². The predicted octanol–water partition coefficient (Wildman–Crippen LogP) is 5.67. The number of aliphatic hydroxyl groups is 1. The van der Waals surface area contributed by atoms with E-state index in [1.54, 1.807) is 36.3 Å². The molecule has 0 aromatic heterocycles. The molecule has 0 spiro atoms. The maximum Gasteiger partial charge on any atom is 0.410 e. The largest absolute Gasteiger partial charge is 0.493 e. The van der Waals surface area contributed by atoms with Crippen molar-refractivity contribution in [3.8, 4) is 17.2 Å². The third-order valence-electron chi connectivity index (χ3n) is 6.28. The second-order valence-corrected chi connectivity index (χ2v) is 10.5. The number of nitrogens with zero attached hydrogens (tertiary/aromatic N) is 1. The van der Waals surface area contributed by atoms with E-state index in [4.69, 9.17) is 18.9 Å². The molecule has 8 heteroatoms. The maximum absolute atomic E-state index is 12.3. The van der Waals surface area contributed by atoms with Crippen LogP contribution in [0.1, 0.15) is 58.4 Å². The number of nitrogens with one attached hydrogen (secondary N) is 1. The number of aliphatic hydroxyl groups excluding tert-OH is 1. The molecule has 2 fully saturated rings. The number of hydrogen-bond acceptors (Lipinski definition) is 7. The van der Waals surface area contributed by atoms with Crippen molar-refractivity contribution in [2.75, 3.05) is 25.5 Å². The van der Waals surface area contributed by atoms with Gasteiger partial charge in [0, 0.05) is 24.7 Å². The Morgan fingerprint density at radius 2 is 1.84 bits per heavy atom. The van der Waals surface area contributed by atoms with Crippen LogP contribution in [0.15, 0.2) is 54.3 Å². The Bertz CT molecular complexity index is 1100. The highest BCUT2D eigenvalue weighted by atomic mass is 16.6. The van der Waals surface area contributed by atoms with Gasteiger partial charge in [0.1, 0.15) is 23.2 Å². The summed E-state index contributed by atoms with van der Waals surface area (Å²) in [6, 6.07) is 13.4. The molecule has 1 amide bonds. The number of carbonyl (C=O) groups is 1. The summed E-state index contributed by atoms with van der Waals surface area (Å²) >= 11 is 0. The molecule has 2 atom stereocenters. The number of rotatable bonds is 9. The van der Waals surface area contributed by atoms with Crippen molar-refractivity contribution >= 4 is 11.8 Å². The van der Waals surface area contributed by atoms with E-state index >= 15 is 0 Å². The summed E-state index contributed by atoms with van der Waals surface area (Å²) in [6.07, 6.45) is 3.38. The van der Waals surface area contributed by atoms with E-state index in [1.807, 2.05) is 39.8 Å².